The van der Waals surface area contributed by atoms with Gasteiger partial charge in [0, 0.05) is 12.6 Å². The Balaban J connectivity index is 1.04. The van der Waals surface area contributed by atoms with Gasteiger partial charge in [-0.2, -0.15) is 4.98 Å². The van der Waals surface area contributed by atoms with Crippen molar-refractivity contribution in [2.75, 3.05) is 26.2 Å². The molecule has 0 amide bonds. The second-order valence-electron chi connectivity index (χ2n) is 9.57. The van der Waals surface area contributed by atoms with Crippen molar-refractivity contribution in [1.29, 1.82) is 0 Å². The lowest BCUT2D eigenvalue weighted by Gasteiger charge is -2.33. The maximum absolute atomic E-state index is 10.7. The summed E-state index contributed by atoms with van der Waals surface area (Å²) in [4.78, 5) is 6.56. The molecule has 7 heteroatoms. The number of aliphatic hydroxyl groups is 1. The van der Waals surface area contributed by atoms with Gasteiger partial charge in [0.15, 0.2) is 11.6 Å². The van der Waals surface area contributed by atoms with E-state index in [0.717, 1.165) is 31.3 Å². The fourth-order valence-corrected chi connectivity index (χ4v) is 5.11. The maximum Gasteiger partial charge on any atom is 0.293 e. The summed E-state index contributed by atoms with van der Waals surface area (Å²) in [5.41, 5.74) is 2.09. The second-order valence-corrected chi connectivity index (χ2v) is 9.57. The minimum Gasteiger partial charge on any atom is -0.490 e. The number of hydrogen-bond donors (Lipinski definition) is 1. The van der Waals surface area contributed by atoms with Crippen LogP contribution in [0.5, 0.6) is 5.75 Å². The first-order chi connectivity index (χ1) is 17.6. The van der Waals surface area contributed by atoms with Crippen molar-refractivity contribution in [2.45, 2.75) is 31.8 Å². The van der Waals surface area contributed by atoms with Crippen LogP contribution >= 0.6 is 0 Å². The van der Waals surface area contributed by atoms with Crippen molar-refractivity contribution in [3.05, 3.63) is 78.1 Å². The molecule has 3 heterocycles. The van der Waals surface area contributed by atoms with E-state index in [1.165, 1.54) is 16.3 Å². The number of furan rings is 1. The van der Waals surface area contributed by atoms with Crippen LogP contribution in [0.4, 0.5) is 0 Å². The monoisotopic (exact) mass is 483 g/mol. The predicted molar refractivity (Wildman–Crippen MR) is 138 cm³/mol. The topological polar surface area (TPSA) is 84.8 Å². The van der Waals surface area contributed by atoms with Crippen LogP contribution in [-0.4, -0.2) is 52.5 Å². The van der Waals surface area contributed by atoms with Gasteiger partial charge < -0.3 is 23.7 Å². The third-order valence-corrected chi connectivity index (χ3v) is 6.99. The molecule has 1 N–H and O–H groups in total. The molecule has 7 nitrogen and oxygen atoms in total. The van der Waals surface area contributed by atoms with Crippen LogP contribution in [0.1, 0.15) is 30.1 Å². The van der Waals surface area contributed by atoms with E-state index in [1.807, 2.05) is 24.3 Å². The zero-order chi connectivity index (χ0) is 24.5. The van der Waals surface area contributed by atoms with Crippen molar-refractivity contribution in [3.8, 4) is 17.4 Å². The summed E-state index contributed by atoms with van der Waals surface area (Å²) in [5.74, 6) is 2.60. The lowest BCUT2D eigenvalue weighted by atomic mass is 9.88. The fourth-order valence-electron chi connectivity index (χ4n) is 5.11. The van der Waals surface area contributed by atoms with Crippen LogP contribution in [0.3, 0.4) is 0 Å². The third kappa shape index (κ3) is 4.72. The molecule has 5 aromatic rings. The second kappa shape index (κ2) is 9.76. The van der Waals surface area contributed by atoms with Gasteiger partial charge >= 0.3 is 0 Å². The van der Waals surface area contributed by atoms with Gasteiger partial charge in [-0.3, -0.25) is 0 Å². The maximum atomic E-state index is 10.7. The standard InChI is InChI=1S/C29H29N3O4/c1-19-30-29(36-31-19)28-16-25-26(7-4-8-27(25)35-28)34-18-24(33)17-32-13-11-21(12-14-32)23-10-9-20-5-2-3-6-22(20)15-23/h2-10,15-16,21,24,33H,11-14,17-18H2,1H3/t24-/m0/s1. The third-order valence-electron chi connectivity index (χ3n) is 6.99. The first kappa shape index (κ1) is 22.8. The molecular weight excluding hydrogens is 454 g/mol. The number of aromatic nitrogens is 2. The summed E-state index contributed by atoms with van der Waals surface area (Å²) in [6, 6.07) is 22.8. The highest BCUT2D eigenvalue weighted by Crippen LogP contribution is 2.33. The van der Waals surface area contributed by atoms with Crippen LogP contribution in [0.25, 0.3) is 33.4 Å². The number of fused-ring (bicyclic) bond motifs is 2. The van der Waals surface area contributed by atoms with Gasteiger partial charge in [-0.1, -0.05) is 53.7 Å². The molecule has 3 aromatic carbocycles. The predicted octanol–water partition coefficient (Wildman–Crippen LogP) is 5.56. The van der Waals surface area contributed by atoms with Crippen LogP contribution in [0.2, 0.25) is 0 Å². The molecule has 0 saturated carbocycles. The molecule has 1 saturated heterocycles. The van der Waals surface area contributed by atoms with E-state index in [-0.39, 0.29) is 6.61 Å². The van der Waals surface area contributed by atoms with E-state index in [9.17, 15) is 5.11 Å². The van der Waals surface area contributed by atoms with E-state index in [4.69, 9.17) is 13.7 Å². The Morgan fingerprint density at radius 1 is 1.03 bits per heavy atom. The Hall–Kier alpha value is -3.68. The van der Waals surface area contributed by atoms with Crippen LogP contribution in [-0.2, 0) is 0 Å². The number of nitrogens with zero attached hydrogens (tertiary/aromatic N) is 3. The molecule has 0 spiro atoms. The summed E-state index contributed by atoms with van der Waals surface area (Å²) < 4.78 is 17.1. The van der Waals surface area contributed by atoms with Gasteiger partial charge in [-0.05, 0) is 67.2 Å². The van der Waals surface area contributed by atoms with E-state index < -0.39 is 6.10 Å². The lowest BCUT2D eigenvalue weighted by molar-refractivity contribution is 0.0599. The summed E-state index contributed by atoms with van der Waals surface area (Å²) in [6.45, 7) is 4.51. The van der Waals surface area contributed by atoms with Crippen molar-refractivity contribution in [1.82, 2.24) is 15.0 Å². The molecule has 6 rings (SSSR count). The number of ether oxygens (including phenoxy) is 1. The number of hydrogen-bond acceptors (Lipinski definition) is 7. The van der Waals surface area contributed by atoms with Gasteiger partial charge in [0.05, 0.1) is 5.39 Å². The van der Waals surface area contributed by atoms with Gasteiger partial charge in [0.1, 0.15) is 24.0 Å². The van der Waals surface area contributed by atoms with E-state index in [0.29, 0.717) is 41.3 Å². The van der Waals surface area contributed by atoms with Crippen molar-refractivity contribution >= 4 is 21.7 Å². The van der Waals surface area contributed by atoms with Crippen LogP contribution in [0.15, 0.2) is 75.7 Å². The first-order valence-electron chi connectivity index (χ1n) is 12.5. The van der Waals surface area contributed by atoms with Gasteiger partial charge in [-0.25, -0.2) is 0 Å². The molecule has 1 aliphatic rings. The zero-order valence-electron chi connectivity index (χ0n) is 20.3. The number of likely N-dealkylation sites (tertiary alicyclic amines) is 1. The quantitative estimate of drug-likeness (QED) is 0.324. The zero-order valence-corrected chi connectivity index (χ0v) is 20.3. The highest BCUT2D eigenvalue weighted by molar-refractivity contribution is 5.87. The Bertz CT molecular complexity index is 1480. The van der Waals surface area contributed by atoms with Crippen LogP contribution in [0, 0.1) is 6.92 Å². The van der Waals surface area contributed by atoms with E-state index in [1.54, 1.807) is 6.92 Å². The van der Waals surface area contributed by atoms with Crippen molar-refractivity contribution in [2.24, 2.45) is 0 Å². The molecule has 1 atom stereocenters. The Labute approximate surface area is 209 Å². The molecule has 0 unspecified atom stereocenters. The van der Waals surface area contributed by atoms with Crippen molar-refractivity contribution in [3.63, 3.8) is 0 Å². The number of rotatable bonds is 7. The SMILES string of the molecule is Cc1noc(-c2cc3c(OC[C@@H](O)CN4CCC(c5ccc6ccccc6c5)CC4)cccc3o2)n1. The summed E-state index contributed by atoms with van der Waals surface area (Å²) in [7, 11) is 0. The average molecular weight is 484 g/mol. The summed E-state index contributed by atoms with van der Waals surface area (Å²) in [5, 5.41) is 17.9. The first-order valence-corrected chi connectivity index (χ1v) is 12.5. The minimum atomic E-state index is -0.581. The largest absolute Gasteiger partial charge is 0.490 e. The number of benzene rings is 3. The number of piperidine rings is 1. The van der Waals surface area contributed by atoms with E-state index >= 15 is 0 Å². The Morgan fingerprint density at radius 3 is 2.67 bits per heavy atom. The minimum absolute atomic E-state index is 0.212. The fraction of sp³-hybridized carbons (Fsp3) is 0.310. The highest BCUT2D eigenvalue weighted by atomic mass is 16.5. The molecule has 2 aromatic heterocycles. The molecule has 1 aliphatic heterocycles. The smallest absolute Gasteiger partial charge is 0.293 e. The van der Waals surface area contributed by atoms with E-state index in [2.05, 4.69) is 57.5 Å². The molecule has 184 valence electrons. The Kier molecular flexibility index (Phi) is 6.17. The van der Waals surface area contributed by atoms with Crippen molar-refractivity contribution < 1.29 is 18.8 Å². The Morgan fingerprint density at radius 2 is 1.86 bits per heavy atom. The summed E-state index contributed by atoms with van der Waals surface area (Å²) >= 11 is 0. The number of aliphatic hydroxyl groups excluding tert-OH is 1. The highest BCUT2D eigenvalue weighted by Gasteiger charge is 2.23. The average Bonchev–Trinajstić information content (AvgIpc) is 3.54. The van der Waals surface area contributed by atoms with Gasteiger partial charge in [0.25, 0.3) is 5.89 Å². The van der Waals surface area contributed by atoms with Crippen LogP contribution < -0.4 is 4.74 Å². The molecule has 0 radical (unpaired) electrons. The van der Waals surface area contributed by atoms with Gasteiger partial charge in [-0.15, -0.1) is 0 Å². The molecule has 0 aliphatic carbocycles. The number of aryl methyl sites for hydroxylation is 1. The number of β-amino-alcohol motifs (C(OH)–C–C–N with tert-alkyl or cyclic N) is 1. The normalized spacial score (nSPS) is 16.1. The molecular formula is C29H29N3O4. The van der Waals surface area contributed by atoms with Gasteiger partial charge in [0.2, 0.25) is 0 Å². The lowest BCUT2D eigenvalue weighted by Crippen LogP contribution is -2.40. The molecule has 0 bridgehead atoms. The summed E-state index contributed by atoms with van der Waals surface area (Å²) in [6.07, 6.45) is 1.61. The molecule has 36 heavy (non-hydrogen) atoms. The molecule has 1 fully saturated rings.